The fourth-order valence-corrected chi connectivity index (χ4v) is 2.84. The molecule has 1 aromatic carbocycles. The van der Waals surface area contributed by atoms with Gasteiger partial charge in [0.2, 0.25) is 0 Å². The van der Waals surface area contributed by atoms with Gasteiger partial charge in [-0.25, -0.2) is 4.39 Å². The lowest BCUT2D eigenvalue weighted by Crippen LogP contribution is -2.28. The highest BCUT2D eigenvalue weighted by atomic mass is 35.5. The van der Waals surface area contributed by atoms with Crippen LogP contribution in [-0.2, 0) is 6.54 Å². The number of para-hydroxylation sites is 1. The highest BCUT2D eigenvalue weighted by Crippen LogP contribution is 2.18. The number of nitrogens with one attached hydrogen (secondary N) is 2. The van der Waals surface area contributed by atoms with Gasteiger partial charge in [-0.1, -0.05) is 6.07 Å². The first kappa shape index (κ1) is 18.9. The molecule has 1 aromatic heterocycles. The Bertz CT molecular complexity index is 692. The fourth-order valence-electron chi connectivity index (χ4n) is 2.84. The van der Waals surface area contributed by atoms with E-state index in [0.717, 1.165) is 19.3 Å². The third kappa shape index (κ3) is 3.98. The molecule has 4 nitrogen and oxygen atoms in total. The molecule has 1 aliphatic carbocycles. The summed E-state index contributed by atoms with van der Waals surface area (Å²) >= 11 is 0. The lowest BCUT2D eigenvalue weighted by Gasteiger charge is -2.12. The van der Waals surface area contributed by atoms with Gasteiger partial charge in [0.1, 0.15) is 5.82 Å². The standard InChI is InChI=1S/C15H18FN3O.2ClH/c16-13-3-1-2-12-14(20)7-11(19-15(12)13)8-18-10-5-4-9(17)6-10;;/h1-3,7,9-10,18H,4-6,8,17H2,(H,19,20);2*1H/t9-,10-;;/m1../s1. The van der Waals surface area contributed by atoms with Crippen molar-refractivity contribution in [3.8, 4) is 0 Å². The van der Waals surface area contributed by atoms with Crippen LogP contribution in [-0.4, -0.2) is 17.1 Å². The molecule has 0 spiro atoms. The molecule has 7 heteroatoms. The van der Waals surface area contributed by atoms with E-state index >= 15 is 0 Å². The number of fused-ring (bicyclic) bond motifs is 1. The van der Waals surface area contributed by atoms with Crippen molar-refractivity contribution in [2.24, 2.45) is 5.73 Å². The number of hydrogen-bond acceptors (Lipinski definition) is 3. The van der Waals surface area contributed by atoms with Crippen LogP contribution in [0.4, 0.5) is 4.39 Å². The molecular formula is C15H20Cl2FN3O. The van der Waals surface area contributed by atoms with Gasteiger partial charge in [-0.2, -0.15) is 0 Å². The Labute approximate surface area is 140 Å². The summed E-state index contributed by atoms with van der Waals surface area (Å²) in [5.41, 5.74) is 6.69. The molecule has 0 aliphatic heterocycles. The maximum atomic E-state index is 13.7. The van der Waals surface area contributed by atoms with Crippen LogP contribution in [0.3, 0.4) is 0 Å². The Hall–Kier alpha value is -1.14. The molecule has 1 fully saturated rings. The van der Waals surface area contributed by atoms with Gasteiger partial charge in [0, 0.05) is 35.8 Å². The van der Waals surface area contributed by atoms with Crippen LogP contribution < -0.4 is 16.5 Å². The molecule has 3 rings (SSSR count). The van der Waals surface area contributed by atoms with E-state index in [1.807, 2.05) is 0 Å². The normalized spacial score (nSPS) is 20.5. The molecule has 0 radical (unpaired) electrons. The van der Waals surface area contributed by atoms with Crippen molar-refractivity contribution in [1.29, 1.82) is 0 Å². The van der Waals surface area contributed by atoms with Gasteiger partial charge in [0.05, 0.1) is 5.52 Å². The minimum atomic E-state index is -0.399. The Balaban J connectivity index is 0.00000121. The number of pyridine rings is 1. The van der Waals surface area contributed by atoms with Crippen LogP contribution in [0.15, 0.2) is 29.1 Å². The number of halogens is 3. The average molecular weight is 348 g/mol. The second kappa shape index (κ2) is 7.92. The van der Waals surface area contributed by atoms with Gasteiger partial charge in [-0.15, -0.1) is 24.8 Å². The maximum absolute atomic E-state index is 13.7. The highest BCUT2D eigenvalue weighted by molar-refractivity contribution is 5.85. The summed E-state index contributed by atoms with van der Waals surface area (Å²) in [5.74, 6) is -0.399. The van der Waals surface area contributed by atoms with E-state index < -0.39 is 5.82 Å². The van der Waals surface area contributed by atoms with Crippen LogP contribution in [0.25, 0.3) is 10.9 Å². The molecule has 0 amide bonds. The van der Waals surface area contributed by atoms with Crippen molar-refractivity contribution in [3.05, 3.63) is 46.0 Å². The minimum absolute atomic E-state index is 0. The first-order valence-corrected chi connectivity index (χ1v) is 6.93. The smallest absolute Gasteiger partial charge is 0.189 e. The van der Waals surface area contributed by atoms with Crippen molar-refractivity contribution >= 4 is 35.7 Å². The van der Waals surface area contributed by atoms with Crippen LogP contribution >= 0.6 is 24.8 Å². The van der Waals surface area contributed by atoms with Crippen LogP contribution in [0.2, 0.25) is 0 Å². The van der Waals surface area contributed by atoms with Crippen LogP contribution in [0, 0.1) is 5.82 Å². The molecule has 4 N–H and O–H groups in total. The van der Waals surface area contributed by atoms with Gasteiger partial charge in [-0.05, 0) is 31.4 Å². The molecule has 0 bridgehead atoms. The van der Waals surface area contributed by atoms with E-state index in [2.05, 4.69) is 10.3 Å². The van der Waals surface area contributed by atoms with E-state index in [9.17, 15) is 9.18 Å². The summed E-state index contributed by atoms with van der Waals surface area (Å²) in [6.45, 7) is 0.525. The Morgan fingerprint density at radius 2 is 2.09 bits per heavy atom. The molecular weight excluding hydrogens is 328 g/mol. The lowest BCUT2D eigenvalue weighted by molar-refractivity contribution is 0.512. The van der Waals surface area contributed by atoms with Gasteiger partial charge in [-0.3, -0.25) is 4.79 Å². The summed E-state index contributed by atoms with van der Waals surface area (Å²) in [6.07, 6.45) is 3.03. The van der Waals surface area contributed by atoms with E-state index in [-0.39, 0.29) is 41.8 Å². The topological polar surface area (TPSA) is 70.9 Å². The highest BCUT2D eigenvalue weighted by Gasteiger charge is 2.21. The molecule has 0 unspecified atom stereocenters. The van der Waals surface area contributed by atoms with Crippen molar-refractivity contribution in [2.45, 2.75) is 37.9 Å². The Morgan fingerprint density at radius 3 is 2.77 bits per heavy atom. The van der Waals surface area contributed by atoms with Crippen molar-refractivity contribution < 1.29 is 4.39 Å². The van der Waals surface area contributed by atoms with Crippen molar-refractivity contribution in [2.75, 3.05) is 0 Å². The molecule has 0 saturated heterocycles. The third-order valence-electron chi connectivity index (χ3n) is 3.92. The zero-order valence-electron chi connectivity index (χ0n) is 12.0. The van der Waals surface area contributed by atoms with Gasteiger partial charge in [0.15, 0.2) is 5.43 Å². The summed E-state index contributed by atoms with van der Waals surface area (Å²) in [5, 5.41) is 3.75. The van der Waals surface area contributed by atoms with Gasteiger partial charge >= 0.3 is 0 Å². The molecule has 2 aromatic rings. The first-order valence-electron chi connectivity index (χ1n) is 6.93. The summed E-state index contributed by atoms with van der Waals surface area (Å²) < 4.78 is 13.7. The number of aromatic nitrogens is 1. The second-order valence-electron chi connectivity index (χ2n) is 5.47. The van der Waals surface area contributed by atoms with E-state index in [0.29, 0.717) is 23.7 Å². The first-order chi connectivity index (χ1) is 9.63. The zero-order chi connectivity index (χ0) is 14.1. The fraction of sp³-hybridized carbons (Fsp3) is 0.400. The number of hydrogen-bond donors (Lipinski definition) is 3. The minimum Gasteiger partial charge on any atom is -0.355 e. The number of rotatable bonds is 3. The molecule has 22 heavy (non-hydrogen) atoms. The SMILES string of the molecule is Cl.Cl.N[C@@H]1CC[C@@H](NCc2cc(=O)c3cccc(F)c3[nH]2)C1. The van der Waals surface area contributed by atoms with Crippen LogP contribution in [0.1, 0.15) is 25.0 Å². The molecule has 1 aliphatic rings. The largest absolute Gasteiger partial charge is 0.355 e. The van der Waals surface area contributed by atoms with Crippen molar-refractivity contribution in [3.63, 3.8) is 0 Å². The molecule has 2 atom stereocenters. The predicted octanol–water partition coefficient (Wildman–Crippen LogP) is 2.48. The molecule has 1 heterocycles. The third-order valence-corrected chi connectivity index (χ3v) is 3.92. The predicted molar refractivity (Wildman–Crippen MR) is 91.5 cm³/mol. The van der Waals surface area contributed by atoms with Gasteiger partial charge in [0.25, 0.3) is 0 Å². The maximum Gasteiger partial charge on any atom is 0.189 e. The number of benzene rings is 1. The molecule has 1 saturated carbocycles. The number of aromatic amines is 1. The van der Waals surface area contributed by atoms with E-state index in [1.165, 1.54) is 12.1 Å². The zero-order valence-corrected chi connectivity index (χ0v) is 13.6. The van der Waals surface area contributed by atoms with E-state index in [1.54, 1.807) is 12.1 Å². The Morgan fingerprint density at radius 1 is 1.32 bits per heavy atom. The summed E-state index contributed by atoms with van der Waals surface area (Å²) in [7, 11) is 0. The lowest BCUT2D eigenvalue weighted by atomic mass is 10.1. The quantitative estimate of drug-likeness (QED) is 0.798. The second-order valence-corrected chi connectivity index (χ2v) is 5.47. The van der Waals surface area contributed by atoms with Crippen LogP contribution in [0.5, 0.6) is 0 Å². The number of H-pyrrole nitrogens is 1. The van der Waals surface area contributed by atoms with Gasteiger partial charge < -0.3 is 16.0 Å². The Kier molecular flexibility index (Phi) is 6.81. The van der Waals surface area contributed by atoms with E-state index in [4.69, 9.17) is 5.73 Å². The monoisotopic (exact) mass is 347 g/mol. The average Bonchev–Trinajstić information content (AvgIpc) is 2.84. The summed E-state index contributed by atoms with van der Waals surface area (Å²) in [6, 6.07) is 6.70. The molecule has 122 valence electrons. The summed E-state index contributed by atoms with van der Waals surface area (Å²) in [4.78, 5) is 15.0. The number of nitrogens with two attached hydrogens (primary N) is 1. The van der Waals surface area contributed by atoms with Crippen molar-refractivity contribution in [1.82, 2.24) is 10.3 Å².